The van der Waals surface area contributed by atoms with Crippen molar-refractivity contribution in [2.75, 3.05) is 0 Å². The van der Waals surface area contributed by atoms with E-state index in [0.29, 0.717) is 22.6 Å². The van der Waals surface area contributed by atoms with Gasteiger partial charge >= 0.3 is 0 Å². The van der Waals surface area contributed by atoms with Crippen LogP contribution >= 0.6 is 11.6 Å². The molecule has 2 aromatic rings. The largest absolute Gasteiger partial charge is 0.351 e. The van der Waals surface area contributed by atoms with Crippen molar-refractivity contribution in [2.45, 2.75) is 44.6 Å². The van der Waals surface area contributed by atoms with Crippen LogP contribution in [0.3, 0.4) is 0 Å². The fraction of sp³-hybridized carbons (Fsp3) is 0.318. The Kier molecular flexibility index (Phi) is 6.03. The molecule has 1 heterocycles. The third-order valence-corrected chi connectivity index (χ3v) is 5.57. The van der Waals surface area contributed by atoms with Crippen molar-refractivity contribution in [3.8, 4) is 0 Å². The lowest BCUT2D eigenvalue weighted by molar-refractivity contribution is -0.134. The van der Waals surface area contributed by atoms with E-state index in [-0.39, 0.29) is 36.5 Å². The second-order valence-corrected chi connectivity index (χ2v) is 8.08. The summed E-state index contributed by atoms with van der Waals surface area (Å²) >= 11 is 6.36. The zero-order valence-electron chi connectivity index (χ0n) is 16.2. The van der Waals surface area contributed by atoms with E-state index in [4.69, 9.17) is 11.6 Å². The number of hydrogen-bond acceptors (Lipinski definition) is 3. The fourth-order valence-corrected chi connectivity index (χ4v) is 3.70. The molecule has 5 nitrogen and oxygen atoms in total. The highest BCUT2D eigenvalue weighted by atomic mass is 35.5. The number of imide groups is 1. The first kappa shape index (κ1) is 21.0. The van der Waals surface area contributed by atoms with E-state index in [1.54, 1.807) is 44.2 Å². The maximum Gasteiger partial charge on any atom is 0.234 e. The molecule has 0 bridgehead atoms. The minimum Gasteiger partial charge on any atom is -0.351 e. The van der Waals surface area contributed by atoms with E-state index in [1.165, 1.54) is 12.1 Å². The van der Waals surface area contributed by atoms with Crippen LogP contribution < -0.4 is 10.6 Å². The van der Waals surface area contributed by atoms with E-state index in [2.05, 4.69) is 10.6 Å². The Hall–Kier alpha value is -2.73. The number of halogens is 2. The van der Waals surface area contributed by atoms with Crippen molar-refractivity contribution in [3.63, 3.8) is 0 Å². The molecule has 3 amide bonds. The highest BCUT2D eigenvalue weighted by Crippen LogP contribution is 2.31. The fourth-order valence-electron chi connectivity index (χ4n) is 3.37. The molecule has 1 aliphatic heterocycles. The third-order valence-electron chi connectivity index (χ3n) is 5.25. The smallest absolute Gasteiger partial charge is 0.234 e. The van der Waals surface area contributed by atoms with Gasteiger partial charge in [-0.25, -0.2) is 4.39 Å². The zero-order chi connectivity index (χ0) is 21.2. The Balaban J connectivity index is 1.68. The van der Waals surface area contributed by atoms with Gasteiger partial charge in [-0.05, 0) is 55.2 Å². The number of nitrogens with one attached hydrogen (secondary N) is 2. The van der Waals surface area contributed by atoms with Gasteiger partial charge in [0.25, 0.3) is 0 Å². The molecule has 2 aromatic carbocycles. The van der Waals surface area contributed by atoms with Gasteiger partial charge in [0.2, 0.25) is 17.7 Å². The Labute approximate surface area is 173 Å². The summed E-state index contributed by atoms with van der Waals surface area (Å²) in [4.78, 5) is 36.0. The van der Waals surface area contributed by atoms with Gasteiger partial charge in [-0.1, -0.05) is 35.9 Å². The summed E-state index contributed by atoms with van der Waals surface area (Å²) in [6, 6.07) is 11.2. The predicted molar refractivity (Wildman–Crippen MR) is 108 cm³/mol. The standard InChI is InChI=1S/C22H22ClFN2O3/c1-22(2,14-4-3-5-15(24)11-14)21(29)25-12-13-6-7-16(18(23)10-13)17-8-9-19(27)26-20(17)28/h3-7,10-11,17H,8-9,12H2,1-2H3,(H,25,29)(H,26,27,28). The van der Waals surface area contributed by atoms with E-state index >= 15 is 0 Å². The lowest BCUT2D eigenvalue weighted by Crippen LogP contribution is -2.40. The van der Waals surface area contributed by atoms with Crippen molar-refractivity contribution in [1.82, 2.24) is 10.6 Å². The van der Waals surface area contributed by atoms with Crippen LogP contribution in [0.1, 0.15) is 49.3 Å². The van der Waals surface area contributed by atoms with Crippen molar-refractivity contribution >= 4 is 29.3 Å². The van der Waals surface area contributed by atoms with E-state index in [0.717, 1.165) is 5.56 Å². The Morgan fingerprint density at radius 3 is 2.66 bits per heavy atom. The lowest BCUT2D eigenvalue weighted by atomic mass is 9.83. The topological polar surface area (TPSA) is 75.3 Å². The van der Waals surface area contributed by atoms with Gasteiger partial charge in [-0.3, -0.25) is 19.7 Å². The third kappa shape index (κ3) is 4.65. The predicted octanol–water partition coefficient (Wildman–Crippen LogP) is 3.59. The van der Waals surface area contributed by atoms with Gasteiger partial charge in [0.15, 0.2) is 0 Å². The zero-order valence-corrected chi connectivity index (χ0v) is 17.0. The summed E-state index contributed by atoms with van der Waals surface area (Å²) in [5.74, 6) is -1.72. The quantitative estimate of drug-likeness (QED) is 0.731. The Bertz CT molecular complexity index is 974. The molecule has 0 radical (unpaired) electrons. The number of carbonyl (C=O) groups excluding carboxylic acids is 3. The average molecular weight is 417 g/mol. The van der Waals surface area contributed by atoms with E-state index in [9.17, 15) is 18.8 Å². The minimum atomic E-state index is -0.904. The van der Waals surface area contributed by atoms with Gasteiger partial charge in [-0.2, -0.15) is 0 Å². The first-order chi connectivity index (χ1) is 13.7. The normalized spacial score (nSPS) is 17.0. The molecule has 29 heavy (non-hydrogen) atoms. The van der Waals surface area contributed by atoms with Crippen LogP contribution in [0.25, 0.3) is 0 Å². The number of hydrogen-bond donors (Lipinski definition) is 2. The number of piperidine rings is 1. The number of carbonyl (C=O) groups is 3. The molecule has 3 rings (SSSR count). The lowest BCUT2D eigenvalue weighted by Gasteiger charge is -2.25. The highest BCUT2D eigenvalue weighted by Gasteiger charge is 2.31. The monoisotopic (exact) mass is 416 g/mol. The van der Waals surface area contributed by atoms with Crippen LogP contribution in [0.2, 0.25) is 5.02 Å². The minimum absolute atomic E-state index is 0.242. The van der Waals surface area contributed by atoms with Crippen LogP contribution in [0.15, 0.2) is 42.5 Å². The summed E-state index contributed by atoms with van der Waals surface area (Å²) < 4.78 is 13.5. The first-order valence-corrected chi connectivity index (χ1v) is 9.72. The molecule has 0 spiro atoms. The summed E-state index contributed by atoms with van der Waals surface area (Å²) in [5.41, 5.74) is 1.11. The number of rotatable bonds is 5. The van der Waals surface area contributed by atoms with E-state index in [1.807, 2.05) is 0 Å². The van der Waals surface area contributed by atoms with Gasteiger partial charge in [-0.15, -0.1) is 0 Å². The Morgan fingerprint density at radius 1 is 1.24 bits per heavy atom. The second-order valence-electron chi connectivity index (χ2n) is 7.68. The van der Waals surface area contributed by atoms with Crippen molar-refractivity contribution in [2.24, 2.45) is 0 Å². The Morgan fingerprint density at radius 2 is 2.00 bits per heavy atom. The molecule has 1 aliphatic rings. The molecular formula is C22H22ClFN2O3. The van der Waals surface area contributed by atoms with Crippen molar-refractivity contribution < 1.29 is 18.8 Å². The van der Waals surface area contributed by atoms with Crippen LogP contribution in [-0.2, 0) is 26.3 Å². The second kappa shape index (κ2) is 8.33. The van der Waals surface area contributed by atoms with Crippen LogP contribution in [0, 0.1) is 5.82 Å². The summed E-state index contributed by atoms with van der Waals surface area (Å²) in [6.45, 7) is 3.71. The number of amides is 3. The maximum atomic E-state index is 13.5. The summed E-state index contributed by atoms with van der Waals surface area (Å²) in [7, 11) is 0. The molecule has 0 saturated carbocycles. The molecule has 7 heteroatoms. The first-order valence-electron chi connectivity index (χ1n) is 9.35. The molecule has 152 valence electrons. The SMILES string of the molecule is CC(C)(C(=O)NCc1ccc(C2CCC(=O)NC2=O)c(Cl)c1)c1cccc(F)c1. The van der Waals surface area contributed by atoms with Crippen molar-refractivity contribution in [1.29, 1.82) is 0 Å². The molecular weight excluding hydrogens is 395 g/mol. The van der Waals surface area contributed by atoms with Crippen LogP contribution in [0.4, 0.5) is 4.39 Å². The van der Waals surface area contributed by atoms with Gasteiger partial charge < -0.3 is 5.32 Å². The van der Waals surface area contributed by atoms with Gasteiger partial charge in [0, 0.05) is 18.0 Å². The summed E-state index contributed by atoms with van der Waals surface area (Å²) in [6.07, 6.45) is 0.696. The molecule has 0 aliphatic carbocycles. The molecule has 2 N–H and O–H groups in total. The average Bonchev–Trinajstić information content (AvgIpc) is 2.67. The molecule has 1 unspecified atom stereocenters. The molecule has 1 fully saturated rings. The highest BCUT2D eigenvalue weighted by molar-refractivity contribution is 6.31. The van der Waals surface area contributed by atoms with Gasteiger partial charge in [0.1, 0.15) is 5.82 Å². The molecule has 0 aromatic heterocycles. The van der Waals surface area contributed by atoms with Crippen LogP contribution in [0.5, 0.6) is 0 Å². The van der Waals surface area contributed by atoms with Crippen molar-refractivity contribution in [3.05, 3.63) is 70.0 Å². The molecule has 1 saturated heterocycles. The summed E-state index contributed by atoms with van der Waals surface area (Å²) in [5, 5.41) is 5.59. The van der Waals surface area contributed by atoms with Gasteiger partial charge in [0.05, 0.1) is 11.3 Å². The van der Waals surface area contributed by atoms with E-state index < -0.39 is 11.3 Å². The molecule has 1 atom stereocenters. The maximum absolute atomic E-state index is 13.5. The van der Waals surface area contributed by atoms with Crippen LogP contribution in [-0.4, -0.2) is 17.7 Å². The number of benzene rings is 2.